The summed E-state index contributed by atoms with van der Waals surface area (Å²) in [7, 11) is 0. The van der Waals surface area contributed by atoms with Crippen LogP contribution in [-0.4, -0.2) is 41.8 Å². The van der Waals surface area contributed by atoms with Gasteiger partial charge in [0, 0.05) is 18.5 Å². The molecule has 176 valence electrons. The van der Waals surface area contributed by atoms with Crippen LogP contribution in [0.3, 0.4) is 0 Å². The van der Waals surface area contributed by atoms with Gasteiger partial charge in [0.1, 0.15) is 0 Å². The Labute approximate surface area is 179 Å². The lowest BCUT2D eigenvalue weighted by Gasteiger charge is -2.44. The molecule has 1 aromatic rings. The zero-order valence-electron chi connectivity index (χ0n) is 17.7. The highest BCUT2D eigenvalue weighted by molar-refractivity contribution is 5.67. The average molecular weight is 451 g/mol. The van der Waals surface area contributed by atoms with Crippen LogP contribution in [0.5, 0.6) is 0 Å². The van der Waals surface area contributed by atoms with E-state index in [1.165, 1.54) is 12.1 Å². The molecule has 0 amide bonds. The fourth-order valence-corrected chi connectivity index (χ4v) is 4.20. The van der Waals surface area contributed by atoms with Crippen LogP contribution in [-0.2, 0) is 15.7 Å². The van der Waals surface area contributed by atoms with Crippen molar-refractivity contribution in [2.75, 3.05) is 13.2 Å². The molecule has 0 unspecified atom stereocenters. The Kier molecular flexibility index (Phi) is 9.24. The second kappa shape index (κ2) is 11.2. The molecule has 0 saturated carbocycles. The second-order valence-electron chi connectivity index (χ2n) is 8.58. The number of nitrogens with zero attached hydrogens (tertiary/aromatic N) is 1. The van der Waals surface area contributed by atoms with Gasteiger partial charge in [0.25, 0.3) is 0 Å². The molecule has 0 spiro atoms. The van der Waals surface area contributed by atoms with E-state index in [1.807, 2.05) is 18.7 Å². The Morgan fingerprint density at radius 3 is 2.35 bits per heavy atom. The van der Waals surface area contributed by atoms with Gasteiger partial charge in [0.05, 0.1) is 12.2 Å². The zero-order valence-corrected chi connectivity index (χ0v) is 17.7. The van der Waals surface area contributed by atoms with E-state index in [0.29, 0.717) is 37.3 Å². The summed E-state index contributed by atoms with van der Waals surface area (Å²) in [5.41, 5.74) is -0.146. The number of ether oxygens (including phenoxy) is 1. The molecular weight excluding hydrogens is 421 g/mol. The second-order valence-corrected chi connectivity index (χ2v) is 8.58. The highest BCUT2D eigenvalue weighted by Crippen LogP contribution is 2.39. The van der Waals surface area contributed by atoms with Crippen LogP contribution in [0.2, 0.25) is 0 Å². The molecule has 0 aromatic heterocycles. The van der Waals surface area contributed by atoms with Gasteiger partial charge in [-0.2, -0.15) is 22.0 Å². The van der Waals surface area contributed by atoms with Gasteiger partial charge in [-0.25, -0.2) is 0 Å². The standard InChI is InChI=1S/C22H30F5NO3/c1-14(2)3-8-18(13-31-21(23)24)28-10-9-15(12-20(29)30)11-19(28)16-4-6-17(7-5-16)22(25,26)27/h4-7,14-15,18-19,21H,3,8-13H2,1-2H3,(H,29,30)/t15-,18-,19+/m1/s1. The van der Waals surface area contributed by atoms with Crippen molar-refractivity contribution in [2.45, 2.75) is 70.8 Å². The van der Waals surface area contributed by atoms with Crippen LogP contribution in [0, 0.1) is 11.8 Å². The van der Waals surface area contributed by atoms with Crippen molar-refractivity contribution < 1.29 is 36.6 Å². The Morgan fingerprint density at radius 1 is 1.19 bits per heavy atom. The minimum absolute atomic E-state index is 0.0326. The minimum Gasteiger partial charge on any atom is -0.481 e. The smallest absolute Gasteiger partial charge is 0.416 e. The number of hydrogen-bond acceptors (Lipinski definition) is 3. The van der Waals surface area contributed by atoms with Gasteiger partial charge in [-0.1, -0.05) is 26.0 Å². The fraction of sp³-hybridized carbons (Fsp3) is 0.682. The molecule has 0 radical (unpaired) electrons. The van der Waals surface area contributed by atoms with Crippen molar-refractivity contribution in [1.82, 2.24) is 4.90 Å². The van der Waals surface area contributed by atoms with E-state index in [1.54, 1.807) is 0 Å². The molecule has 1 aromatic carbocycles. The number of benzene rings is 1. The lowest BCUT2D eigenvalue weighted by Crippen LogP contribution is -2.46. The van der Waals surface area contributed by atoms with Crippen molar-refractivity contribution in [1.29, 1.82) is 0 Å². The molecule has 9 heteroatoms. The van der Waals surface area contributed by atoms with Crippen molar-refractivity contribution >= 4 is 5.97 Å². The minimum atomic E-state index is -4.46. The normalized spacial score (nSPS) is 21.6. The lowest BCUT2D eigenvalue weighted by molar-refractivity contribution is -0.148. The first-order valence-electron chi connectivity index (χ1n) is 10.5. The predicted molar refractivity (Wildman–Crippen MR) is 106 cm³/mol. The maximum absolute atomic E-state index is 13.0. The fourth-order valence-electron chi connectivity index (χ4n) is 4.20. The molecule has 1 N–H and O–H groups in total. The van der Waals surface area contributed by atoms with Crippen molar-refractivity contribution in [2.24, 2.45) is 11.8 Å². The van der Waals surface area contributed by atoms with Crippen LogP contribution < -0.4 is 0 Å². The van der Waals surface area contributed by atoms with Crippen molar-refractivity contribution in [3.8, 4) is 0 Å². The van der Waals surface area contributed by atoms with E-state index in [4.69, 9.17) is 0 Å². The van der Waals surface area contributed by atoms with Gasteiger partial charge in [0.2, 0.25) is 0 Å². The third-order valence-corrected chi connectivity index (χ3v) is 5.80. The van der Waals surface area contributed by atoms with E-state index < -0.39 is 24.3 Å². The summed E-state index contributed by atoms with van der Waals surface area (Å²) < 4.78 is 69.0. The molecule has 0 aliphatic carbocycles. The monoisotopic (exact) mass is 451 g/mol. The Hall–Kier alpha value is -1.74. The summed E-state index contributed by atoms with van der Waals surface area (Å²) in [4.78, 5) is 13.2. The van der Waals surface area contributed by atoms with Gasteiger partial charge in [-0.3, -0.25) is 9.69 Å². The first-order valence-corrected chi connectivity index (χ1v) is 10.5. The van der Waals surface area contributed by atoms with Crippen molar-refractivity contribution in [3.63, 3.8) is 0 Å². The Bertz CT molecular complexity index is 681. The Balaban J connectivity index is 2.30. The third-order valence-electron chi connectivity index (χ3n) is 5.80. The van der Waals surface area contributed by atoms with Crippen LogP contribution >= 0.6 is 0 Å². The van der Waals surface area contributed by atoms with Gasteiger partial charge < -0.3 is 9.84 Å². The quantitative estimate of drug-likeness (QED) is 0.445. The number of carboxylic acid groups (broad SMARTS) is 1. The average Bonchev–Trinajstić information content (AvgIpc) is 2.67. The third kappa shape index (κ3) is 8.03. The highest BCUT2D eigenvalue weighted by atomic mass is 19.4. The summed E-state index contributed by atoms with van der Waals surface area (Å²) in [6.07, 6.45) is -2.09. The first kappa shape index (κ1) is 25.5. The summed E-state index contributed by atoms with van der Waals surface area (Å²) in [6.45, 7) is 1.43. The van der Waals surface area contributed by atoms with E-state index in [0.717, 1.165) is 18.6 Å². The first-order chi connectivity index (χ1) is 14.5. The number of carbonyl (C=O) groups is 1. The van der Waals surface area contributed by atoms with Crippen molar-refractivity contribution in [3.05, 3.63) is 35.4 Å². The van der Waals surface area contributed by atoms with Crippen LogP contribution in [0.15, 0.2) is 24.3 Å². The molecule has 1 aliphatic rings. The number of likely N-dealkylation sites (tertiary alicyclic amines) is 1. The maximum Gasteiger partial charge on any atom is 0.416 e. The van der Waals surface area contributed by atoms with E-state index in [9.17, 15) is 31.9 Å². The van der Waals surface area contributed by atoms with Gasteiger partial charge in [-0.05, 0) is 61.8 Å². The van der Waals surface area contributed by atoms with Crippen LogP contribution in [0.4, 0.5) is 22.0 Å². The molecule has 4 nitrogen and oxygen atoms in total. The maximum atomic E-state index is 13.0. The van der Waals surface area contributed by atoms with Crippen LogP contribution in [0.25, 0.3) is 0 Å². The zero-order chi connectivity index (χ0) is 23.2. The summed E-state index contributed by atoms with van der Waals surface area (Å²) in [5, 5.41) is 9.17. The summed E-state index contributed by atoms with van der Waals surface area (Å²) in [5.74, 6) is -0.715. The van der Waals surface area contributed by atoms with Crippen LogP contribution in [0.1, 0.15) is 63.1 Å². The number of hydrogen-bond donors (Lipinski definition) is 1. The molecule has 31 heavy (non-hydrogen) atoms. The molecule has 3 atom stereocenters. The summed E-state index contributed by atoms with van der Waals surface area (Å²) in [6, 6.07) is 4.11. The number of aliphatic carboxylic acids is 1. The number of rotatable bonds is 10. The number of piperidine rings is 1. The number of alkyl halides is 5. The largest absolute Gasteiger partial charge is 0.481 e. The molecule has 2 rings (SSSR count). The van der Waals surface area contributed by atoms with Gasteiger partial charge in [0.15, 0.2) is 0 Å². The molecular formula is C22H30F5NO3. The SMILES string of the molecule is CC(C)CC[C@H](COC(F)F)N1CC[C@@H](CC(=O)O)C[C@H]1c1ccc(C(F)(F)F)cc1. The van der Waals surface area contributed by atoms with E-state index in [-0.39, 0.29) is 31.0 Å². The number of halogens is 5. The summed E-state index contributed by atoms with van der Waals surface area (Å²) >= 11 is 0. The molecule has 1 saturated heterocycles. The predicted octanol–water partition coefficient (Wildman–Crippen LogP) is 5.98. The highest BCUT2D eigenvalue weighted by Gasteiger charge is 2.36. The molecule has 1 fully saturated rings. The van der Waals surface area contributed by atoms with Gasteiger partial charge in [-0.15, -0.1) is 0 Å². The molecule has 1 aliphatic heterocycles. The van der Waals surface area contributed by atoms with Gasteiger partial charge >= 0.3 is 18.8 Å². The number of carboxylic acids is 1. The topological polar surface area (TPSA) is 49.8 Å². The molecule has 1 heterocycles. The lowest BCUT2D eigenvalue weighted by atomic mass is 9.83. The van der Waals surface area contributed by atoms with E-state index in [2.05, 4.69) is 4.74 Å². The molecule has 0 bridgehead atoms. The van der Waals surface area contributed by atoms with E-state index >= 15 is 0 Å². The Morgan fingerprint density at radius 2 is 1.84 bits per heavy atom.